The summed E-state index contributed by atoms with van der Waals surface area (Å²) in [5.41, 5.74) is 0.190. The zero-order valence-electron chi connectivity index (χ0n) is 11.0. The third-order valence-corrected chi connectivity index (χ3v) is 1.79. The van der Waals surface area contributed by atoms with Gasteiger partial charge in [0.05, 0.1) is 0 Å². The van der Waals surface area contributed by atoms with E-state index in [0.29, 0.717) is 6.54 Å². The molecule has 0 aliphatic rings. The van der Waals surface area contributed by atoms with Gasteiger partial charge in [0, 0.05) is 20.5 Å². The van der Waals surface area contributed by atoms with Crippen molar-refractivity contribution in [1.82, 2.24) is 5.32 Å². The summed E-state index contributed by atoms with van der Waals surface area (Å²) in [5, 5.41) is 2.54. The fourth-order valence-corrected chi connectivity index (χ4v) is 1.14. The molecule has 0 saturated carbocycles. The van der Waals surface area contributed by atoms with Crippen LogP contribution in [0, 0.1) is 5.82 Å². The van der Waals surface area contributed by atoms with Crippen LogP contribution in [-0.2, 0) is 4.79 Å². The van der Waals surface area contributed by atoms with Gasteiger partial charge in [-0.2, -0.15) is 0 Å². The minimum Gasteiger partial charge on any atom is -0.424 e. The van der Waals surface area contributed by atoms with Crippen LogP contribution in [0.25, 0.3) is 0 Å². The first-order valence-electron chi connectivity index (χ1n) is 5.80. The Morgan fingerprint density at radius 1 is 1.39 bits per heavy atom. The molecule has 0 aliphatic heterocycles. The molecule has 5 heteroatoms. The molecule has 0 saturated heterocycles. The van der Waals surface area contributed by atoms with E-state index in [0.717, 1.165) is 6.07 Å². The Kier molecular flexibility index (Phi) is 7.35. The standard InChI is InChI=1S/C11H12FNO3.C2H6.H2/c1-3-13-11(15)8-4-5-10(9(12)6-8)16-7(2)14;1-2;/h4-6H,3H2,1-2H3,(H,13,15);1-2H3;1H. The van der Waals surface area contributed by atoms with E-state index in [9.17, 15) is 14.0 Å². The maximum Gasteiger partial charge on any atom is 0.308 e. The second kappa shape index (κ2) is 8.22. The van der Waals surface area contributed by atoms with Crippen molar-refractivity contribution in [3.63, 3.8) is 0 Å². The summed E-state index contributed by atoms with van der Waals surface area (Å²) in [6.45, 7) is 7.41. The van der Waals surface area contributed by atoms with Gasteiger partial charge in [-0.25, -0.2) is 4.39 Å². The Balaban J connectivity index is 0. The van der Waals surface area contributed by atoms with E-state index in [1.807, 2.05) is 13.8 Å². The highest BCUT2D eigenvalue weighted by Gasteiger charge is 2.10. The number of hydrogen-bond acceptors (Lipinski definition) is 3. The van der Waals surface area contributed by atoms with Crippen LogP contribution in [0.1, 0.15) is 39.5 Å². The van der Waals surface area contributed by atoms with Gasteiger partial charge in [0.15, 0.2) is 11.6 Å². The molecule has 102 valence electrons. The number of nitrogens with one attached hydrogen (secondary N) is 1. The second-order valence-electron chi connectivity index (χ2n) is 3.10. The van der Waals surface area contributed by atoms with Crippen molar-refractivity contribution in [3.05, 3.63) is 29.6 Å². The Morgan fingerprint density at radius 3 is 2.44 bits per heavy atom. The van der Waals surface area contributed by atoms with E-state index >= 15 is 0 Å². The average Bonchev–Trinajstić information content (AvgIpc) is 2.34. The van der Waals surface area contributed by atoms with E-state index < -0.39 is 11.8 Å². The van der Waals surface area contributed by atoms with E-state index in [1.54, 1.807) is 6.92 Å². The summed E-state index contributed by atoms with van der Waals surface area (Å²) in [5.74, 6) is -1.89. The largest absolute Gasteiger partial charge is 0.424 e. The van der Waals surface area contributed by atoms with E-state index in [-0.39, 0.29) is 18.6 Å². The first-order valence-corrected chi connectivity index (χ1v) is 5.80. The molecular formula is C13H20FNO3. The van der Waals surface area contributed by atoms with Gasteiger partial charge in [-0.05, 0) is 25.1 Å². The SMILES string of the molecule is CC.CCNC(=O)c1ccc(OC(C)=O)c(F)c1.[HH]. The summed E-state index contributed by atoms with van der Waals surface area (Å²) >= 11 is 0. The summed E-state index contributed by atoms with van der Waals surface area (Å²) in [4.78, 5) is 22.0. The van der Waals surface area contributed by atoms with Crippen LogP contribution in [0.3, 0.4) is 0 Å². The minimum atomic E-state index is -0.737. The molecule has 0 atom stereocenters. The number of hydrogen-bond donors (Lipinski definition) is 1. The molecule has 0 aliphatic carbocycles. The predicted molar refractivity (Wildman–Crippen MR) is 69.2 cm³/mol. The van der Waals surface area contributed by atoms with Crippen molar-refractivity contribution >= 4 is 11.9 Å². The number of esters is 1. The minimum absolute atomic E-state index is 0. The molecule has 1 aromatic carbocycles. The monoisotopic (exact) mass is 257 g/mol. The first kappa shape index (κ1) is 16.1. The van der Waals surface area contributed by atoms with Crippen LogP contribution in [0.4, 0.5) is 4.39 Å². The van der Waals surface area contributed by atoms with Crippen LogP contribution in [0.15, 0.2) is 18.2 Å². The molecule has 0 spiro atoms. The molecular weight excluding hydrogens is 237 g/mol. The topological polar surface area (TPSA) is 55.4 Å². The molecule has 1 aromatic rings. The summed E-state index contributed by atoms with van der Waals surface area (Å²) in [6, 6.07) is 3.68. The van der Waals surface area contributed by atoms with Gasteiger partial charge in [0.25, 0.3) is 5.91 Å². The summed E-state index contributed by atoms with van der Waals surface area (Å²) in [6.07, 6.45) is 0. The molecule has 1 amide bonds. The third-order valence-electron chi connectivity index (χ3n) is 1.79. The van der Waals surface area contributed by atoms with Crippen LogP contribution in [0.2, 0.25) is 0 Å². The highest BCUT2D eigenvalue weighted by molar-refractivity contribution is 5.94. The van der Waals surface area contributed by atoms with Crippen LogP contribution in [-0.4, -0.2) is 18.4 Å². The quantitative estimate of drug-likeness (QED) is 0.669. The molecule has 1 N–H and O–H groups in total. The predicted octanol–water partition coefficient (Wildman–Crippen LogP) is 2.77. The van der Waals surface area contributed by atoms with E-state index in [2.05, 4.69) is 10.1 Å². The van der Waals surface area contributed by atoms with Crippen molar-refractivity contribution in [2.45, 2.75) is 27.7 Å². The van der Waals surface area contributed by atoms with Crippen molar-refractivity contribution in [3.8, 4) is 5.75 Å². The molecule has 0 heterocycles. The third kappa shape index (κ3) is 4.95. The Bertz CT molecular complexity index is 424. The lowest BCUT2D eigenvalue weighted by Crippen LogP contribution is -2.22. The van der Waals surface area contributed by atoms with Gasteiger partial charge in [0.2, 0.25) is 0 Å². The van der Waals surface area contributed by atoms with Crippen LogP contribution < -0.4 is 10.1 Å². The zero-order valence-corrected chi connectivity index (χ0v) is 11.0. The maximum absolute atomic E-state index is 13.4. The lowest BCUT2D eigenvalue weighted by atomic mass is 10.2. The lowest BCUT2D eigenvalue weighted by Gasteiger charge is -2.05. The van der Waals surface area contributed by atoms with Crippen molar-refractivity contribution in [2.24, 2.45) is 0 Å². The Labute approximate surface area is 108 Å². The molecule has 0 unspecified atom stereocenters. The number of halogens is 1. The number of benzene rings is 1. The fourth-order valence-electron chi connectivity index (χ4n) is 1.14. The van der Waals surface area contributed by atoms with Crippen LogP contribution in [0.5, 0.6) is 5.75 Å². The highest BCUT2D eigenvalue weighted by Crippen LogP contribution is 2.18. The summed E-state index contributed by atoms with van der Waals surface area (Å²) in [7, 11) is 0. The molecule has 4 nitrogen and oxygen atoms in total. The average molecular weight is 257 g/mol. The number of ether oxygens (including phenoxy) is 1. The van der Waals surface area contributed by atoms with Crippen molar-refractivity contribution in [2.75, 3.05) is 6.54 Å². The number of carbonyl (C=O) groups excluding carboxylic acids is 2. The van der Waals surface area contributed by atoms with Crippen LogP contribution >= 0.6 is 0 Å². The molecule has 0 radical (unpaired) electrons. The molecule has 1 rings (SSSR count). The molecule has 18 heavy (non-hydrogen) atoms. The fraction of sp³-hybridized carbons (Fsp3) is 0.385. The number of rotatable bonds is 3. The van der Waals surface area contributed by atoms with Gasteiger partial charge < -0.3 is 10.1 Å². The normalized spacial score (nSPS) is 8.94. The first-order chi connectivity index (χ1) is 8.54. The van der Waals surface area contributed by atoms with Crippen molar-refractivity contribution < 1.29 is 20.1 Å². The Morgan fingerprint density at radius 2 is 2.00 bits per heavy atom. The lowest BCUT2D eigenvalue weighted by molar-refractivity contribution is -0.132. The maximum atomic E-state index is 13.4. The zero-order chi connectivity index (χ0) is 14.1. The van der Waals surface area contributed by atoms with Crippen molar-refractivity contribution in [1.29, 1.82) is 0 Å². The molecule has 0 aromatic heterocycles. The van der Waals surface area contributed by atoms with Gasteiger partial charge in [-0.1, -0.05) is 13.8 Å². The van der Waals surface area contributed by atoms with Gasteiger partial charge in [0.1, 0.15) is 0 Å². The van der Waals surface area contributed by atoms with E-state index in [1.165, 1.54) is 19.1 Å². The molecule has 0 bridgehead atoms. The smallest absolute Gasteiger partial charge is 0.308 e. The Hall–Kier alpha value is -1.91. The highest BCUT2D eigenvalue weighted by atomic mass is 19.1. The number of carbonyl (C=O) groups is 2. The van der Waals surface area contributed by atoms with Gasteiger partial charge in [-0.15, -0.1) is 0 Å². The van der Waals surface area contributed by atoms with Gasteiger partial charge >= 0.3 is 5.97 Å². The summed E-state index contributed by atoms with van der Waals surface area (Å²) < 4.78 is 17.9. The number of amides is 1. The second-order valence-corrected chi connectivity index (χ2v) is 3.10. The van der Waals surface area contributed by atoms with E-state index in [4.69, 9.17) is 0 Å². The van der Waals surface area contributed by atoms with Gasteiger partial charge in [-0.3, -0.25) is 9.59 Å². The molecule has 0 fully saturated rings.